The number of hydrogen-bond donors (Lipinski definition) is 2. The second kappa shape index (κ2) is 5.84. The Morgan fingerprint density at radius 1 is 1.47 bits per heavy atom. The van der Waals surface area contributed by atoms with Crippen LogP contribution in [0.2, 0.25) is 0 Å². The SMILES string of the molecule is Cc1cccc(NC(=O)[C@H](C)N2CCNC(=O)C2)c1. The van der Waals surface area contributed by atoms with Crippen molar-refractivity contribution in [1.82, 2.24) is 10.2 Å². The summed E-state index contributed by atoms with van der Waals surface area (Å²) in [6.07, 6.45) is 0. The predicted octanol–water partition coefficient (Wildman–Crippen LogP) is 0.754. The number of nitrogens with one attached hydrogen (secondary N) is 2. The zero-order chi connectivity index (χ0) is 13.8. The molecule has 5 heteroatoms. The van der Waals surface area contributed by atoms with Gasteiger partial charge < -0.3 is 10.6 Å². The highest BCUT2D eigenvalue weighted by molar-refractivity contribution is 5.95. The molecule has 1 aromatic carbocycles. The van der Waals surface area contributed by atoms with E-state index in [1.54, 1.807) is 0 Å². The molecule has 1 aliphatic heterocycles. The maximum Gasteiger partial charge on any atom is 0.241 e. The molecule has 0 aliphatic carbocycles. The third kappa shape index (κ3) is 3.54. The Kier molecular flexibility index (Phi) is 4.16. The maximum absolute atomic E-state index is 12.1. The van der Waals surface area contributed by atoms with E-state index in [0.29, 0.717) is 13.1 Å². The highest BCUT2D eigenvalue weighted by Crippen LogP contribution is 2.11. The van der Waals surface area contributed by atoms with Gasteiger partial charge in [0.25, 0.3) is 0 Å². The monoisotopic (exact) mass is 261 g/mol. The van der Waals surface area contributed by atoms with E-state index in [1.807, 2.05) is 43.0 Å². The molecule has 102 valence electrons. The van der Waals surface area contributed by atoms with Gasteiger partial charge in [0.15, 0.2) is 0 Å². The van der Waals surface area contributed by atoms with Gasteiger partial charge in [0.1, 0.15) is 0 Å². The molecule has 1 fully saturated rings. The van der Waals surface area contributed by atoms with E-state index in [9.17, 15) is 9.59 Å². The molecule has 1 heterocycles. The zero-order valence-electron chi connectivity index (χ0n) is 11.3. The number of hydrogen-bond acceptors (Lipinski definition) is 3. The average Bonchev–Trinajstić information content (AvgIpc) is 2.38. The Balaban J connectivity index is 1.97. The standard InChI is InChI=1S/C14H19N3O2/c1-10-4-3-5-12(8-10)16-14(19)11(2)17-7-6-15-13(18)9-17/h3-5,8,11H,6-7,9H2,1-2H3,(H,15,18)(H,16,19)/t11-/m0/s1. The van der Waals surface area contributed by atoms with Crippen LogP contribution in [-0.4, -0.2) is 42.4 Å². The molecule has 0 bridgehead atoms. The summed E-state index contributed by atoms with van der Waals surface area (Å²) < 4.78 is 0. The first kappa shape index (κ1) is 13.5. The van der Waals surface area contributed by atoms with Crippen LogP contribution in [0.5, 0.6) is 0 Å². The molecule has 0 unspecified atom stereocenters. The Morgan fingerprint density at radius 2 is 2.26 bits per heavy atom. The van der Waals surface area contributed by atoms with Crippen LogP contribution in [0.1, 0.15) is 12.5 Å². The number of rotatable bonds is 3. The molecule has 0 radical (unpaired) electrons. The predicted molar refractivity (Wildman–Crippen MR) is 73.9 cm³/mol. The number of carbonyl (C=O) groups excluding carboxylic acids is 2. The first-order valence-corrected chi connectivity index (χ1v) is 6.44. The van der Waals surface area contributed by atoms with Crippen molar-refractivity contribution in [2.45, 2.75) is 19.9 Å². The van der Waals surface area contributed by atoms with E-state index in [4.69, 9.17) is 0 Å². The van der Waals surface area contributed by atoms with Crippen LogP contribution >= 0.6 is 0 Å². The minimum atomic E-state index is -0.313. The Morgan fingerprint density at radius 3 is 2.95 bits per heavy atom. The third-order valence-corrected chi connectivity index (χ3v) is 3.28. The highest BCUT2D eigenvalue weighted by Gasteiger charge is 2.25. The normalized spacial score (nSPS) is 17.7. The van der Waals surface area contributed by atoms with Crippen molar-refractivity contribution in [3.63, 3.8) is 0 Å². The van der Waals surface area contributed by atoms with Gasteiger partial charge >= 0.3 is 0 Å². The van der Waals surface area contributed by atoms with Gasteiger partial charge in [-0.2, -0.15) is 0 Å². The summed E-state index contributed by atoms with van der Waals surface area (Å²) in [5.74, 6) is -0.109. The largest absolute Gasteiger partial charge is 0.354 e. The number of nitrogens with zero attached hydrogens (tertiary/aromatic N) is 1. The van der Waals surface area contributed by atoms with Crippen LogP contribution in [0.25, 0.3) is 0 Å². The lowest BCUT2D eigenvalue weighted by molar-refractivity contribution is -0.127. The molecule has 1 atom stereocenters. The van der Waals surface area contributed by atoms with Crippen molar-refractivity contribution >= 4 is 17.5 Å². The number of benzene rings is 1. The van der Waals surface area contributed by atoms with Gasteiger partial charge in [-0.1, -0.05) is 12.1 Å². The van der Waals surface area contributed by atoms with E-state index in [-0.39, 0.29) is 24.4 Å². The fraction of sp³-hybridized carbons (Fsp3) is 0.429. The van der Waals surface area contributed by atoms with Gasteiger partial charge in [-0.25, -0.2) is 0 Å². The van der Waals surface area contributed by atoms with E-state index >= 15 is 0 Å². The molecule has 0 spiro atoms. The van der Waals surface area contributed by atoms with Crippen molar-refractivity contribution in [2.75, 3.05) is 25.0 Å². The molecule has 19 heavy (non-hydrogen) atoms. The van der Waals surface area contributed by atoms with Crippen LogP contribution in [-0.2, 0) is 9.59 Å². The first-order valence-electron chi connectivity index (χ1n) is 6.44. The van der Waals surface area contributed by atoms with Crippen molar-refractivity contribution < 1.29 is 9.59 Å². The molecule has 0 aromatic heterocycles. The van der Waals surface area contributed by atoms with Crippen LogP contribution in [0.4, 0.5) is 5.69 Å². The summed E-state index contributed by atoms with van der Waals surface area (Å²) in [6.45, 7) is 5.38. The van der Waals surface area contributed by atoms with Crippen molar-refractivity contribution in [2.24, 2.45) is 0 Å². The van der Waals surface area contributed by atoms with Crippen molar-refractivity contribution in [3.8, 4) is 0 Å². The summed E-state index contributed by atoms with van der Waals surface area (Å²) in [7, 11) is 0. The summed E-state index contributed by atoms with van der Waals surface area (Å²) >= 11 is 0. The minimum absolute atomic E-state index is 0.0264. The Bertz CT molecular complexity index is 487. The van der Waals surface area contributed by atoms with E-state index in [2.05, 4.69) is 10.6 Å². The molecule has 0 saturated carbocycles. The van der Waals surface area contributed by atoms with E-state index in [0.717, 1.165) is 11.3 Å². The molecule has 2 rings (SSSR count). The highest BCUT2D eigenvalue weighted by atomic mass is 16.2. The Hall–Kier alpha value is -1.88. The van der Waals surface area contributed by atoms with E-state index in [1.165, 1.54) is 0 Å². The third-order valence-electron chi connectivity index (χ3n) is 3.28. The molecule has 2 amide bonds. The lowest BCUT2D eigenvalue weighted by Gasteiger charge is -2.31. The molecular formula is C14H19N3O2. The second-order valence-electron chi connectivity index (χ2n) is 4.86. The van der Waals surface area contributed by atoms with Crippen molar-refractivity contribution in [1.29, 1.82) is 0 Å². The summed E-state index contributed by atoms with van der Waals surface area (Å²) in [5.41, 5.74) is 1.89. The van der Waals surface area contributed by atoms with E-state index < -0.39 is 0 Å². The Labute approximate surface area is 113 Å². The van der Waals surface area contributed by atoms with Gasteiger partial charge in [0.2, 0.25) is 11.8 Å². The molecule has 1 aromatic rings. The van der Waals surface area contributed by atoms with Gasteiger partial charge in [-0.3, -0.25) is 14.5 Å². The number of carbonyl (C=O) groups is 2. The van der Waals surface area contributed by atoms with Gasteiger partial charge in [0.05, 0.1) is 12.6 Å². The van der Waals surface area contributed by atoms with Crippen LogP contribution in [0.3, 0.4) is 0 Å². The van der Waals surface area contributed by atoms with Gasteiger partial charge in [-0.15, -0.1) is 0 Å². The minimum Gasteiger partial charge on any atom is -0.354 e. The summed E-state index contributed by atoms with van der Waals surface area (Å²) in [6, 6.07) is 7.36. The maximum atomic E-state index is 12.1. The molecule has 2 N–H and O–H groups in total. The summed E-state index contributed by atoms with van der Waals surface area (Å²) in [4.78, 5) is 25.3. The number of piperazine rings is 1. The van der Waals surface area contributed by atoms with Crippen LogP contribution in [0, 0.1) is 6.92 Å². The quantitative estimate of drug-likeness (QED) is 0.844. The fourth-order valence-corrected chi connectivity index (χ4v) is 2.12. The smallest absolute Gasteiger partial charge is 0.241 e. The van der Waals surface area contributed by atoms with Gasteiger partial charge in [0, 0.05) is 18.8 Å². The van der Waals surface area contributed by atoms with Gasteiger partial charge in [-0.05, 0) is 31.5 Å². The average molecular weight is 261 g/mol. The second-order valence-corrected chi connectivity index (χ2v) is 4.86. The zero-order valence-corrected chi connectivity index (χ0v) is 11.3. The number of anilines is 1. The lowest BCUT2D eigenvalue weighted by atomic mass is 10.2. The fourth-order valence-electron chi connectivity index (χ4n) is 2.12. The molecule has 1 aliphatic rings. The number of amides is 2. The molecular weight excluding hydrogens is 242 g/mol. The molecule has 1 saturated heterocycles. The topological polar surface area (TPSA) is 61.4 Å². The first-order chi connectivity index (χ1) is 9.06. The van der Waals surface area contributed by atoms with Crippen molar-refractivity contribution in [3.05, 3.63) is 29.8 Å². The lowest BCUT2D eigenvalue weighted by Crippen LogP contribution is -2.53. The number of aryl methyl sites for hydroxylation is 1. The summed E-state index contributed by atoms with van der Waals surface area (Å²) in [5, 5.41) is 5.63. The van der Waals surface area contributed by atoms with Crippen LogP contribution < -0.4 is 10.6 Å². The van der Waals surface area contributed by atoms with Crippen LogP contribution in [0.15, 0.2) is 24.3 Å². The molecule has 5 nitrogen and oxygen atoms in total.